The Morgan fingerprint density at radius 3 is 3.07 bits per heavy atom. The van der Waals surface area contributed by atoms with E-state index in [9.17, 15) is 9.50 Å². The van der Waals surface area contributed by atoms with Crippen LogP contribution >= 0.6 is 11.3 Å². The molecule has 3 N–H and O–H groups in total. The number of anilines is 1. The van der Waals surface area contributed by atoms with Crippen LogP contribution in [0.2, 0.25) is 0 Å². The number of fused-ring (bicyclic) bond motifs is 1. The van der Waals surface area contributed by atoms with Crippen LogP contribution in [0.5, 0.6) is 5.75 Å². The summed E-state index contributed by atoms with van der Waals surface area (Å²) < 4.78 is 12.6. The van der Waals surface area contributed by atoms with Crippen LogP contribution < -0.4 is 5.73 Å². The van der Waals surface area contributed by atoms with Gasteiger partial charge in [-0.25, -0.2) is 9.37 Å². The van der Waals surface area contributed by atoms with Crippen molar-refractivity contribution >= 4 is 26.7 Å². The van der Waals surface area contributed by atoms with E-state index < -0.39 is 6.67 Å². The monoisotopic (exact) mass is 222 g/mol. The second-order valence-electron chi connectivity index (χ2n) is 2.83. The minimum Gasteiger partial charge on any atom is -0.506 e. The van der Waals surface area contributed by atoms with E-state index in [1.54, 1.807) is 6.07 Å². The average molecular weight is 222 g/mol. The lowest BCUT2D eigenvalue weighted by Gasteiger charge is -1.94. The van der Waals surface area contributed by atoms with Gasteiger partial charge in [0.15, 0.2) is 11.8 Å². The molecule has 0 fully saturated rings. The van der Waals surface area contributed by atoms with Gasteiger partial charge < -0.3 is 10.8 Å². The molecule has 1 aromatic carbocycles. The molecular weight excluding hydrogens is 215 g/mol. The van der Waals surface area contributed by atoms with Gasteiger partial charge in [-0.15, -0.1) is 0 Å². The molecule has 0 amide bonds. The third-order valence-corrected chi connectivity index (χ3v) is 2.62. The van der Waals surface area contributed by atoms with Crippen molar-refractivity contribution in [3.63, 3.8) is 0 Å². The summed E-state index contributed by atoms with van der Waals surface area (Å²) >= 11 is 1.26. The SMILES string of the molecule is Nc1nc2c(O)cc(C#CCF)cc2s1. The molecular formula is C10H7FN2OS. The highest BCUT2D eigenvalue weighted by Crippen LogP contribution is 2.31. The number of rotatable bonds is 0. The number of hydrogen-bond acceptors (Lipinski definition) is 4. The molecule has 76 valence electrons. The molecule has 1 aromatic heterocycles. The second kappa shape index (κ2) is 3.75. The zero-order valence-corrected chi connectivity index (χ0v) is 8.44. The van der Waals surface area contributed by atoms with Gasteiger partial charge in [0.1, 0.15) is 11.3 Å². The molecule has 0 aliphatic carbocycles. The van der Waals surface area contributed by atoms with Gasteiger partial charge in [0, 0.05) is 5.56 Å². The van der Waals surface area contributed by atoms with Crippen LogP contribution in [0.3, 0.4) is 0 Å². The number of aromatic hydroxyl groups is 1. The summed E-state index contributed by atoms with van der Waals surface area (Å²) in [6.45, 7) is -0.705. The van der Waals surface area contributed by atoms with E-state index in [0.29, 0.717) is 16.2 Å². The third kappa shape index (κ3) is 1.85. The van der Waals surface area contributed by atoms with Gasteiger partial charge in [-0.2, -0.15) is 0 Å². The lowest BCUT2D eigenvalue weighted by molar-refractivity contribution is 0.480. The summed E-state index contributed by atoms with van der Waals surface area (Å²) in [6, 6.07) is 3.18. The van der Waals surface area contributed by atoms with Crippen molar-refractivity contribution in [2.75, 3.05) is 12.4 Å². The van der Waals surface area contributed by atoms with Gasteiger partial charge in [-0.05, 0) is 12.1 Å². The van der Waals surface area contributed by atoms with Gasteiger partial charge in [0.2, 0.25) is 0 Å². The summed E-state index contributed by atoms with van der Waals surface area (Å²) in [5, 5.41) is 9.98. The number of halogens is 1. The van der Waals surface area contributed by atoms with Gasteiger partial charge in [-0.1, -0.05) is 23.2 Å². The highest BCUT2D eigenvalue weighted by Gasteiger charge is 2.06. The average Bonchev–Trinajstić information content (AvgIpc) is 2.56. The number of aromatic nitrogens is 1. The third-order valence-electron chi connectivity index (χ3n) is 1.79. The van der Waals surface area contributed by atoms with Gasteiger partial charge >= 0.3 is 0 Å². The van der Waals surface area contributed by atoms with Crippen LogP contribution in [0.1, 0.15) is 5.56 Å². The first kappa shape index (κ1) is 9.74. The minimum atomic E-state index is -0.705. The van der Waals surface area contributed by atoms with Crippen molar-refractivity contribution in [3.8, 4) is 17.6 Å². The Bertz CT molecular complexity index is 568. The number of hydrogen-bond donors (Lipinski definition) is 2. The number of phenolic OH excluding ortho intramolecular Hbond substituents is 1. The molecule has 0 unspecified atom stereocenters. The molecule has 3 nitrogen and oxygen atoms in total. The number of alkyl halides is 1. The molecule has 0 spiro atoms. The van der Waals surface area contributed by atoms with E-state index in [0.717, 1.165) is 4.70 Å². The van der Waals surface area contributed by atoms with E-state index in [4.69, 9.17) is 5.73 Å². The lowest BCUT2D eigenvalue weighted by atomic mass is 10.2. The van der Waals surface area contributed by atoms with Crippen LogP contribution in [0.25, 0.3) is 10.2 Å². The minimum absolute atomic E-state index is 0.0172. The Morgan fingerprint density at radius 1 is 1.53 bits per heavy atom. The molecule has 0 atom stereocenters. The van der Waals surface area contributed by atoms with Crippen molar-refractivity contribution in [1.29, 1.82) is 0 Å². The van der Waals surface area contributed by atoms with Crippen molar-refractivity contribution in [2.24, 2.45) is 0 Å². The van der Waals surface area contributed by atoms with Crippen molar-refractivity contribution in [3.05, 3.63) is 17.7 Å². The van der Waals surface area contributed by atoms with Crippen molar-refractivity contribution < 1.29 is 9.50 Å². The maximum absolute atomic E-state index is 11.8. The Kier molecular flexibility index (Phi) is 2.44. The Labute approximate surface area is 89.4 Å². The fraction of sp³-hybridized carbons (Fsp3) is 0.100. The summed E-state index contributed by atoms with van der Waals surface area (Å²) in [6.07, 6.45) is 0. The molecule has 0 aliphatic rings. The van der Waals surface area contributed by atoms with Gasteiger partial charge in [-0.3, -0.25) is 0 Å². The molecule has 1 heterocycles. The zero-order valence-electron chi connectivity index (χ0n) is 7.62. The zero-order chi connectivity index (χ0) is 10.8. The number of nitrogens with zero attached hydrogens (tertiary/aromatic N) is 1. The summed E-state index contributed by atoms with van der Waals surface area (Å²) in [5.74, 6) is 4.90. The smallest absolute Gasteiger partial charge is 0.181 e. The Balaban J connectivity index is 2.61. The van der Waals surface area contributed by atoms with E-state index in [2.05, 4.69) is 16.8 Å². The second-order valence-corrected chi connectivity index (χ2v) is 3.89. The van der Waals surface area contributed by atoms with Gasteiger partial charge in [0.05, 0.1) is 4.70 Å². The van der Waals surface area contributed by atoms with E-state index in [-0.39, 0.29) is 5.75 Å². The molecule has 15 heavy (non-hydrogen) atoms. The predicted molar refractivity (Wildman–Crippen MR) is 58.6 cm³/mol. The molecule has 0 saturated carbocycles. The quantitative estimate of drug-likeness (QED) is 0.669. The predicted octanol–water partition coefficient (Wildman–Crippen LogP) is 1.91. The first-order valence-electron chi connectivity index (χ1n) is 4.14. The van der Waals surface area contributed by atoms with Crippen LogP contribution in [-0.2, 0) is 0 Å². The normalized spacial score (nSPS) is 9.93. The molecule has 0 aliphatic heterocycles. The summed E-state index contributed by atoms with van der Waals surface area (Å²) in [7, 11) is 0. The number of nitrogens with two attached hydrogens (primary N) is 1. The van der Waals surface area contributed by atoms with E-state index in [1.165, 1.54) is 17.4 Å². The topological polar surface area (TPSA) is 59.1 Å². The standard InChI is InChI=1S/C10H7FN2OS/c11-3-1-2-6-4-7(14)9-8(5-6)15-10(12)13-9/h4-5,14H,3H2,(H2,12,13). The highest BCUT2D eigenvalue weighted by molar-refractivity contribution is 7.22. The fourth-order valence-electron chi connectivity index (χ4n) is 1.24. The molecule has 5 heteroatoms. The van der Waals surface area contributed by atoms with Crippen molar-refractivity contribution in [1.82, 2.24) is 4.98 Å². The van der Waals surface area contributed by atoms with Crippen LogP contribution in [0.15, 0.2) is 12.1 Å². The maximum Gasteiger partial charge on any atom is 0.181 e. The molecule has 0 saturated heterocycles. The van der Waals surface area contributed by atoms with Crippen LogP contribution in [0.4, 0.5) is 9.52 Å². The van der Waals surface area contributed by atoms with Crippen molar-refractivity contribution in [2.45, 2.75) is 0 Å². The first-order valence-corrected chi connectivity index (χ1v) is 4.96. The van der Waals surface area contributed by atoms with Crippen LogP contribution in [0, 0.1) is 11.8 Å². The maximum atomic E-state index is 11.8. The Hall–Kier alpha value is -1.80. The molecule has 0 radical (unpaired) electrons. The summed E-state index contributed by atoms with van der Waals surface area (Å²) in [5.41, 5.74) is 6.53. The van der Waals surface area contributed by atoms with Crippen LogP contribution in [-0.4, -0.2) is 16.8 Å². The number of thiazole rings is 1. The number of benzene rings is 1. The molecule has 0 bridgehead atoms. The van der Waals surface area contributed by atoms with E-state index in [1.807, 2.05) is 0 Å². The molecule has 2 aromatic rings. The largest absolute Gasteiger partial charge is 0.506 e. The highest BCUT2D eigenvalue weighted by atomic mass is 32.1. The lowest BCUT2D eigenvalue weighted by Crippen LogP contribution is -1.80. The van der Waals surface area contributed by atoms with Gasteiger partial charge in [0.25, 0.3) is 0 Å². The first-order chi connectivity index (χ1) is 7.20. The van der Waals surface area contributed by atoms with E-state index >= 15 is 0 Å². The number of nitrogen functional groups attached to an aromatic ring is 1. The Morgan fingerprint density at radius 2 is 2.33 bits per heavy atom. The summed E-state index contributed by atoms with van der Waals surface area (Å²) in [4.78, 5) is 3.96. The molecule has 2 rings (SSSR count). The number of phenols is 1. The fourth-order valence-corrected chi connectivity index (χ4v) is 2.03.